The number of rotatable bonds is 5. The molecule has 0 unspecified atom stereocenters. The number of carbonyl (C=O) groups excluding carboxylic acids is 2. The lowest BCUT2D eigenvalue weighted by Gasteiger charge is -2.14. The fourth-order valence-corrected chi connectivity index (χ4v) is 2.66. The number of amides is 1. The van der Waals surface area contributed by atoms with Gasteiger partial charge in [-0.3, -0.25) is 4.79 Å². The maximum Gasteiger partial charge on any atom is 0.340 e. The minimum absolute atomic E-state index is 0.0785. The molecule has 0 aromatic heterocycles. The van der Waals surface area contributed by atoms with Crippen molar-refractivity contribution >= 4 is 39.2 Å². The molecule has 0 saturated heterocycles. The number of benzene rings is 2. The number of halogens is 2. The van der Waals surface area contributed by atoms with Crippen molar-refractivity contribution in [2.45, 2.75) is 17.9 Å². The summed E-state index contributed by atoms with van der Waals surface area (Å²) >= 11 is 5.77. The highest BCUT2D eigenvalue weighted by Crippen LogP contribution is 2.19. The molecule has 0 bridgehead atoms. The summed E-state index contributed by atoms with van der Waals surface area (Å²) < 4.78 is 40.4. The summed E-state index contributed by atoms with van der Waals surface area (Å²) in [5, 5.41) is 7.30. The van der Waals surface area contributed by atoms with Crippen LogP contribution in [-0.2, 0) is 19.6 Å². The molecule has 7 nitrogen and oxygen atoms in total. The lowest BCUT2D eigenvalue weighted by molar-refractivity contribution is -0.123. The van der Waals surface area contributed by atoms with Crippen LogP contribution < -0.4 is 10.5 Å². The molecule has 1 amide bonds. The van der Waals surface area contributed by atoms with Gasteiger partial charge in [0.05, 0.1) is 15.5 Å². The zero-order valence-electron chi connectivity index (χ0n) is 13.4. The molecule has 0 heterocycles. The van der Waals surface area contributed by atoms with Crippen LogP contribution in [0.25, 0.3) is 0 Å². The van der Waals surface area contributed by atoms with Crippen LogP contribution in [-0.4, -0.2) is 26.4 Å². The average Bonchev–Trinajstić information content (AvgIpc) is 2.54. The van der Waals surface area contributed by atoms with E-state index in [1.807, 2.05) is 0 Å². The smallest absolute Gasteiger partial charge is 0.340 e. The number of esters is 1. The van der Waals surface area contributed by atoms with Gasteiger partial charge in [0.25, 0.3) is 5.91 Å². The van der Waals surface area contributed by atoms with Crippen molar-refractivity contribution in [3.63, 3.8) is 0 Å². The molecule has 138 valence electrons. The SMILES string of the molecule is C[C@@H](OC(=O)c1ccc(F)cc1Cl)C(=O)Nc1ccc(S(N)(=O)=O)cc1. The predicted octanol–water partition coefficient (Wildman–Crippen LogP) is 2.31. The van der Waals surface area contributed by atoms with E-state index in [-0.39, 0.29) is 21.2 Å². The number of hydrogen-bond acceptors (Lipinski definition) is 5. The van der Waals surface area contributed by atoms with Crippen molar-refractivity contribution in [1.29, 1.82) is 0 Å². The first-order chi connectivity index (χ1) is 12.1. The van der Waals surface area contributed by atoms with Gasteiger partial charge in [-0.2, -0.15) is 0 Å². The molecule has 10 heteroatoms. The Morgan fingerprint density at radius 2 is 1.81 bits per heavy atom. The van der Waals surface area contributed by atoms with Crippen LogP contribution in [0.1, 0.15) is 17.3 Å². The molecule has 0 fully saturated rings. The zero-order chi connectivity index (χ0) is 19.5. The van der Waals surface area contributed by atoms with Gasteiger partial charge < -0.3 is 10.1 Å². The van der Waals surface area contributed by atoms with Gasteiger partial charge in [-0.05, 0) is 49.4 Å². The van der Waals surface area contributed by atoms with Gasteiger partial charge in [0.2, 0.25) is 10.0 Å². The second kappa shape index (κ2) is 7.81. The van der Waals surface area contributed by atoms with Gasteiger partial charge in [0.1, 0.15) is 5.82 Å². The lowest BCUT2D eigenvalue weighted by atomic mass is 10.2. The summed E-state index contributed by atoms with van der Waals surface area (Å²) in [5.41, 5.74) is 0.204. The molecule has 2 aromatic carbocycles. The molecule has 0 aliphatic heterocycles. The number of nitrogens with two attached hydrogens (primary N) is 1. The van der Waals surface area contributed by atoms with E-state index in [2.05, 4.69) is 5.32 Å². The Labute approximate surface area is 154 Å². The third-order valence-corrected chi connectivity index (χ3v) is 4.50. The number of nitrogens with one attached hydrogen (secondary N) is 1. The summed E-state index contributed by atoms with van der Waals surface area (Å²) in [6.07, 6.45) is -1.18. The zero-order valence-corrected chi connectivity index (χ0v) is 15.0. The fourth-order valence-electron chi connectivity index (χ4n) is 1.90. The quantitative estimate of drug-likeness (QED) is 0.747. The molecule has 2 rings (SSSR count). The Morgan fingerprint density at radius 3 is 2.35 bits per heavy atom. The summed E-state index contributed by atoms with van der Waals surface area (Å²) in [4.78, 5) is 24.0. The first kappa shape index (κ1) is 19.8. The lowest BCUT2D eigenvalue weighted by Crippen LogP contribution is -2.30. The molecule has 26 heavy (non-hydrogen) atoms. The molecule has 0 radical (unpaired) electrons. The van der Waals surface area contributed by atoms with Crippen molar-refractivity contribution in [3.05, 3.63) is 58.9 Å². The molecule has 0 aliphatic rings. The van der Waals surface area contributed by atoms with Crippen molar-refractivity contribution in [3.8, 4) is 0 Å². The average molecular weight is 401 g/mol. The molecule has 0 aliphatic carbocycles. The van der Waals surface area contributed by atoms with Gasteiger partial charge in [-0.1, -0.05) is 11.6 Å². The predicted molar refractivity (Wildman–Crippen MR) is 92.7 cm³/mol. The molecule has 0 spiro atoms. The van der Waals surface area contributed by atoms with E-state index in [4.69, 9.17) is 21.5 Å². The fraction of sp³-hybridized carbons (Fsp3) is 0.125. The normalized spacial score (nSPS) is 12.3. The third kappa shape index (κ3) is 5.01. The highest BCUT2D eigenvalue weighted by Gasteiger charge is 2.21. The number of anilines is 1. The van der Waals surface area contributed by atoms with E-state index < -0.39 is 33.8 Å². The number of carbonyl (C=O) groups is 2. The van der Waals surface area contributed by atoms with Gasteiger partial charge in [0, 0.05) is 5.69 Å². The second-order valence-electron chi connectivity index (χ2n) is 5.23. The molecule has 2 aromatic rings. The van der Waals surface area contributed by atoms with Crippen LogP contribution in [0, 0.1) is 5.82 Å². The number of ether oxygens (including phenoxy) is 1. The Kier molecular flexibility index (Phi) is 5.96. The van der Waals surface area contributed by atoms with Crippen LogP contribution in [0.15, 0.2) is 47.4 Å². The van der Waals surface area contributed by atoms with Crippen molar-refractivity contribution < 1.29 is 27.1 Å². The van der Waals surface area contributed by atoms with Crippen LogP contribution in [0.3, 0.4) is 0 Å². The van der Waals surface area contributed by atoms with Crippen molar-refractivity contribution in [2.75, 3.05) is 5.32 Å². The Hall–Kier alpha value is -2.49. The van der Waals surface area contributed by atoms with Gasteiger partial charge in [0.15, 0.2) is 6.10 Å². The van der Waals surface area contributed by atoms with Gasteiger partial charge >= 0.3 is 5.97 Å². The highest BCUT2D eigenvalue weighted by atomic mass is 35.5. The minimum atomic E-state index is -3.84. The second-order valence-corrected chi connectivity index (χ2v) is 7.20. The third-order valence-electron chi connectivity index (χ3n) is 3.25. The maximum atomic E-state index is 13.0. The largest absolute Gasteiger partial charge is 0.449 e. The van der Waals surface area contributed by atoms with Crippen molar-refractivity contribution in [2.24, 2.45) is 5.14 Å². The maximum absolute atomic E-state index is 13.0. The summed E-state index contributed by atoms with van der Waals surface area (Å²) in [7, 11) is -3.84. The summed E-state index contributed by atoms with van der Waals surface area (Å²) in [6.45, 7) is 1.34. The Balaban J connectivity index is 2.02. The van der Waals surface area contributed by atoms with E-state index in [9.17, 15) is 22.4 Å². The van der Waals surface area contributed by atoms with Crippen LogP contribution in [0.5, 0.6) is 0 Å². The highest BCUT2D eigenvalue weighted by molar-refractivity contribution is 7.89. The molecule has 3 N–H and O–H groups in total. The number of hydrogen-bond donors (Lipinski definition) is 2. The Morgan fingerprint density at radius 1 is 1.19 bits per heavy atom. The van der Waals surface area contributed by atoms with Crippen molar-refractivity contribution in [1.82, 2.24) is 0 Å². The van der Waals surface area contributed by atoms with E-state index >= 15 is 0 Å². The standard InChI is InChI=1S/C16H14ClFN2O5S/c1-9(25-16(22)13-7-2-10(18)8-14(13)17)15(21)20-11-3-5-12(6-4-11)26(19,23)24/h2-9H,1H3,(H,20,21)(H2,19,23,24)/t9-/m1/s1. The van der Waals surface area contributed by atoms with Crippen LogP contribution >= 0.6 is 11.6 Å². The van der Waals surface area contributed by atoms with E-state index in [0.717, 1.165) is 18.2 Å². The molecular formula is C16H14ClFN2O5S. The van der Waals surface area contributed by atoms with E-state index in [0.29, 0.717) is 0 Å². The first-order valence-corrected chi connectivity index (χ1v) is 9.10. The van der Waals surface area contributed by atoms with Crippen LogP contribution in [0.4, 0.5) is 10.1 Å². The minimum Gasteiger partial charge on any atom is -0.449 e. The van der Waals surface area contributed by atoms with E-state index in [1.165, 1.54) is 31.2 Å². The Bertz CT molecular complexity index is 948. The van der Waals surface area contributed by atoms with E-state index in [1.54, 1.807) is 0 Å². The van der Waals surface area contributed by atoms with Crippen LogP contribution in [0.2, 0.25) is 5.02 Å². The van der Waals surface area contributed by atoms with Gasteiger partial charge in [-0.25, -0.2) is 22.7 Å². The monoisotopic (exact) mass is 400 g/mol. The van der Waals surface area contributed by atoms with Gasteiger partial charge in [-0.15, -0.1) is 0 Å². The summed E-state index contributed by atoms with van der Waals surface area (Å²) in [6, 6.07) is 8.26. The molecule has 0 saturated carbocycles. The molecule has 1 atom stereocenters. The number of sulfonamides is 1. The summed E-state index contributed by atoms with van der Waals surface area (Å²) in [5.74, 6) is -2.15. The first-order valence-electron chi connectivity index (χ1n) is 7.17. The molecular weight excluding hydrogens is 387 g/mol. The topological polar surface area (TPSA) is 116 Å². The number of primary sulfonamides is 1.